The summed E-state index contributed by atoms with van der Waals surface area (Å²) in [6.07, 6.45) is 4.12. The Morgan fingerprint density at radius 1 is 1.32 bits per heavy atom. The number of aromatic nitrogens is 3. The Morgan fingerprint density at radius 3 is 2.95 bits per heavy atom. The molecule has 1 N–H and O–H groups in total. The highest BCUT2D eigenvalue weighted by atomic mass is 32.1. The van der Waals surface area contributed by atoms with E-state index in [1.54, 1.807) is 6.20 Å². The Kier molecular flexibility index (Phi) is 2.29. The summed E-state index contributed by atoms with van der Waals surface area (Å²) in [5.74, 6) is 1.15. The molecular formula is C14H11N3OS. The van der Waals surface area contributed by atoms with E-state index in [2.05, 4.69) is 20.3 Å². The molecule has 19 heavy (non-hydrogen) atoms. The van der Waals surface area contributed by atoms with Gasteiger partial charge in [-0.05, 0) is 41.8 Å². The Morgan fingerprint density at radius 2 is 2.21 bits per heavy atom. The molecule has 3 aromatic heterocycles. The van der Waals surface area contributed by atoms with Crippen molar-refractivity contribution in [3.8, 4) is 11.5 Å². The second-order valence-corrected chi connectivity index (χ2v) is 5.65. The zero-order chi connectivity index (χ0) is 12.8. The number of fused-ring (bicyclic) bond motifs is 1. The van der Waals surface area contributed by atoms with Crippen LogP contribution in [0.3, 0.4) is 0 Å². The summed E-state index contributed by atoms with van der Waals surface area (Å²) >= 11 is 1.49. The fraction of sp³-hybridized carbons (Fsp3) is 0.214. The topological polar surface area (TPSA) is 58.6 Å². The molecule has 94 valence electrons. The summed E-state index contributed by atoms with van der Waals surface area (Å²) in [6, 6.07) is 5.59. The van der Waals surface area contributed by atoms with E-state index in [4.69, 9.17) is 0 Å². The minimum absolute atomic E-state index is 0.0671. The fourth-order valence-electron chi connectivity index (χ4n) is 2.25. The standard InChI is InChI=1S/C14H11N3OS/c18-14-12-11(9(7-19-12)8-4-5-8)16-13(17-14)10-3-1-2-6-15-10/h1-3,6-8H,4-5H2,(H,16,17,18). The summed E-state index contributed by atoms with van der Waals surface area (Å²) < 4.78 is 0.724. The van der Waals surface area contributed by atoms with Crippen LogP contribution in [0.25, 0.3) is 21.7 Å². The average molecular weight is 269 g/mol. The summed E-state index contributed by atoms with van der Waals surface area (Å²) in [6.45, 7) is 0. The first-order valence-corrected chi connectivity index (χ1v) is 7.14. The summed E-state index contributed by atoms with van der Waals surface area (Å²) in [5, 5.41) is 2.08. The van der Waals surface area contributed by atoms with Gasteiger partial charge in [0.25, 0.3) is 5.56 Å². The second-order valence-electron chi connectivity index (χ2n) is 4.77. The van der Waals surface area contributed by atoms with E-state index in [1.165, 1.54) is 29.7 Å². The molecule has 0 unspecified atom stereocenters. The van der Waals surface area contributed by atoms with Crippen molar-refractivity contribution in [2.24, 2.45) is 0 Å². The van der Waals surface area contributed by atoms with Gasteiger partial charge in [-0.1, -0.05) is 6.07 Å². The van der Waals surface area contributed by atoms with Crippen LogP contribution < -0.4 is 5.56 Å². The van der Waals surface area contributed by atoms with Crippen molar-refractivity contribution in [3.63, 3.8) is 0 Å². The van der Waals surface area contributed by atoms with E-state index >= 15 is 0 Å². The Labute approximate surface area is 113 Å². The molecule has 0 aromatic carbocycles. The van der Waals surface area contributed by atoms with Gasteiger partial charge in [-0.2, -0.15) is 0 Å². The summed E-state index contributed by atoms with van der Waals surface area (Å²) in [4.78, 5) is 23.8. The largest absolute Gasteiger partial charge is 0.304 e. The summed E-state index contributed by atoms with van der Waals surface area (Å²) in [7, 11) is 0. The lowest BCUT2D eigenvalue weighted by atomic mass is 10.2. The first-order chi connectivity index (χ1) is 9.33. The first kappa shape index (κ1) is 10.9. The number of hydrogen-bond acceptors (Lipinski definition) is 4. The van der Waals surface area contributed by atoms with Crippen LogP contribution >= 0.6 is 11.3 Å². The van der Waals surface area contributed by atoms with Crippen molar-refractivity contribution >= 4 is 21.6 Å². The first-order valence-electron chi connectivity index (χ1n) is 6.26. The van der Waals surface area contributed by atoms with Crippen molar-refractivity contribution in [1.82, 2.24) is 15.0 Å². The normalized spacial score (nSPS) is 14.9. The highest BCUT2D eigenvalue weighted by Gasteiger charge is 2.27. The molecule has 3 aromatic rings. The van der Waals surface area contributed by atoms with E-state index in [1.807, 2.05) is 18.2 Å². The quantitative estimate of drug-likeness (QED) is 0.778. The van der Waals surface area contributed by atoms with Gasteiger partial charge in [-0.3, -0.25) is 9.78 Å². The molecule has 0 spiro atoms. The van der Waals surface area contributed by atoms with Gasteiger partial charge >= 0.3 is 0 Å². The van der Waals surface area contributed by atoms with Gasteiger partial charge in [0.05, 0.1) is 5.52 Å². The van der Waals surface area contributed by atoms with Crippen molar-refractivity contribution in [2.75, 3.05) is 0 Å². The molecule has 4 rings (SSSR count). The van der Waals surface area contributed by atoms with E-state index in [0.29, 0.717) is 17.4 Å². The van der Waals surface area contributed by atoms with Crippen LogP contribution in [0.5, 0.6) is 0 Å². The highest BCUT2D eigenvalue weighted by molar-refractivity contribution is 7.17. The Balaban J connectivity index is 1.98. The number of H-pyrrole nitrogens is 1. The predicted molar refractivity (Wildman–Crippen MR) is 75.4 cm³/mol. The smallest absolute Gasteiger partial charge is 0.269 e. The van der Waals surface area contributed by atoms with Crippen molar-refractivity contribution in [1.29, 1.82) is 0 Å². The third-order valence-electron chi connectivity index (χ3n) is 3.38. The minimum atomic E-state index is -0.0671. The number of nitrogens with zero attached hydrogens (tertiary/aromatic N) is 2. The maximum atomic E-state index is 12.1. The highest BCUT2D eigenvalue weighted by Crippen LogP contribution is 2.44. The molecule has 0 atom stereocenters. The predicted octanol–water partition coefficient (Wildman–Crippen LogP) is 2.92. The zero-order valence-corrected chi connectivity index (χ0v) is 10.9. The molecule has 0 saturated heterocycles. The molecule has 0 radical (unpaired) electrons. The molecule has 0 aliphatic heterocycles. The number of rotatable bonds is 2. The second kappa shape index (κ2) is 3.99. The third kappa shape index (κ3) is 1.77. The average Bonchev–Trinajstić information content (AvgIpc) is 3.19. The number of aromatic amines is 1. The maximum Gasteiger partial charge on any atom is 0.269 e. The zero-order valence-electron chi connectivity index (χ0n) is 10.1. The lowest BCUT2D eigenvalue weighted by Crippen LogP contribution is -2.08. The molecular weight excluding hydrogens is 258 g/mol. The lowest BCUT2D eigenvalue weighted by molar-refractivity contribution is 1.11. The van der Waals surface area contributed by atoms with E-state index in [0.717, 1.165) is 10.2 Å². The van der Waals surface area contributed by atoms with Crippen LogP contribution in [0.4, 0.5) is 0 Å². The number of hydrogen-bond donors (Lipinski definition) is 1. The van der Waals surface area contributed by atoms with Crippen LogP contribution in [-0.4, -0.2) is 15.0 Å². The molecule has 1 aliphatic carbocycles. The van der Waals surface area contributed by atoms with Crippen molar-refractivity contribution in [2.45, 2.75) is 18.8 Å². The lowest BCUT2D eigenvalue weighted by Gasteiger charge is -2.01. The van der Waals surface area contributed by atoms with Crippen LogP contribution in [0.1, 0.15) is 24.3 Å². The van der Waals surface area contributed by atoms with Crippen LogP contribution in [0, 0.1) is 0 Å². The molecule has 0 bridgehead atoms. The van der Waals surface area contributed by atoms with Gasteiger partial charge in [0.1, 0.15) is 10.4 Å². The molecule has 1 saturated carbocycles. The Bertz CT molecular complexity index is 802. The van der Waals surface area contributed by atoms with Gasteiger partial charge in [0.2, 0.25) is 0 Å². The monoisotopic (exact) mass is 269 g/mol. The van der Waals surface area contributed by atoms with E-state index in [-0.39, 0.29) is 5.56 Å². The van der Waals surface area contributed by atoms with E-state index < -0.39 is 0 Å². The van der Waals surface area contributed by atoms with Gasteiger partial charge in [0, 0.05) is 6.20 Å². The maximum absolute atomic E-state index is 12.1. The number of nitrogens with one attached hydrogen (secondary N) is 1. The number of thiophene rings is 1. The molecule has 5 heteroatoms. The SMILES string of the molecule is O=c1[nH]c(-c2ccccn2)nc2c(C3CC3)csc12. The van der Waals surface area contributed by atoms with Gasteiger partial charge in [-0.15, -0.1) is 11.3 Å². The Hall–Kier alpha value is -2.01. The molecule has 1 aliphatic rings. The van der Waals surface area contributed by atoms with Crippen molar-refractivity contribution in [3.05, 3.63) is 45.7 Å². The fourth-order valence-corrected chi connectivity index (χ4v) is 3.24. The molecule has 4 nitrogen and oxygen atoms in total. The molecule has 3 heterocycles. The van der Waals surface area contributed by atoms with Gasteiger partial charge in [0.15, 0.2) is 5.82 Å². The van der Waals surface area contributed by atoms with Crippen molar-refractivity contribution < 1.29 is 0 Å². The number of pyridine rings is 1. The minimum Gasteiger partial charge on any atom is -0.304 e. The van der Waals surface area contributed by atoms with Crippen LogP contribution in [0.2, 0.25) is 0 Å². The molecule has 1 fully saturated rings. The third-order valence-corrected chi connectivity index (χ3v) is 4.36. The molecule has 0 amide bonds. The van der Waals surface area contributed by atoms with Crippen LogP contribution in [-0.2, 0) is 0 Å². The van der Waals surface area contributed by atoms with Gasteiger partial charge < -0.3 is 4.98 Å². The van der Waals surface area contributed by atoms with Crippen LogP contribution in [0.15, 0.2) is 34.6 Å². The summed E-state index contributed by atoms with van der Waals surface area (Å²) in [5.41, 5.74) is 2.72. The van der Waals surface area contributed by atoms with Gasteiger partial charge in [-0.25, -0.2) is 4.98 Å². The van der Waals surface area contributed by atoms with E-state index in [9.17, 15) is 4.79 Å².